The maximum absolute atomic E-state index is 13.9. The first-order chi connectivity index (χ1) is 21.5. The molecule has 1 aromatic heterocycles. The van der Waals surface area contributed by atoms with Crippen molar-refractivity contribution < 1.29 is 36.6 Å². The van der Waals surface area contributed by atoms with E-state index in [1.165, 1.54) is 12.1 Å². The van der Waals surface area contributed by atoms with Gasteiger partial charge in [-0.05, 0) is 82.2 Å². The summed E-state index contributed by atoms with van der Waals surface area (Å²) >= 11 is 0. The lowest BCUT2D eigenvalue weighted by atomic mass is 10.0. The number of esters is 1. The van der Waals surface area contributed by atoms with Crippen LogP contribution in [0.1, 0.15) is 69.1 Å². The lowest BCUT2D eigenvalue weighted by molar-refractivity contribution is -0.290. The number of carbonyl (C=O) groups excluding carboxylic acids is 2. The van der Waals surface area contributed by atoms with Crippen molar-refractivity contribution in [3.05, 3.63) is 89.4 Å². The van der Waals surface area contributed by atoms with E-state index >= 15 is 0 Å². The molecular weight excluding hydrogens is 611 g/mol. The minimum absolute atomic E-state index is 0.0457. The van der Waals surface area contributed by atoms with Gasteiger partial charge in [-0.15, -0.1) is 0 Å². The van der Waals surface area contributed by atoms with Crippen LogP contribution >= 0.6 is 0 Å². The third kappa shape index (κ3) is 10.4. The third-order valence-corrected chi connectivity index (χ3v) is 8.12. The van der Waals surface area contributed by atoms with Crippen molar-refractivity contribution in [3.63, 3.8) is 0 Å². The van der Waals surface area contributed by atoms with Crippen LogP contribution in [0.2, 0.25) is 0 Å². The van der Waals surface area contributed by atoms with Gasteiger partial charge in [0.25, 0.3) is 5.91 Å². The number of nitrogens with zero attached hydrogens (tertiary/aromatic N) is 1. The Labute approximate surface area is 270 Å². The molecule has 1 N–H and O–H groups in total. The van der Waals surface area contributed by atoms with E-state index in [0.717, 1.165) is 11.8 Å². The summed E-state index contributed by atoms with van der Waals surface area (Å²) in [6, 6.07) is 17.0. The van der Waals surface area contributed by atoms with Crippen LogP contribution in [0.3, 0.4) is 0 Å². The SMILES string of the molecule is CC(C)(C)OC(=O)C[C@H]1C[C@@H](/C=C/n2c(-c3ccc(F)cc3)cc(C(=O)NCc3ccccc3)c2CCS(C)(=O)=O)OC(C)(C)O1. The van der Waals surface area contributed by atoms with E-state index in [2.05, 4.69) is 5.32 Å². The zero-order valence-corrected chi connectivity index (χ0v) is 28.0. The number of hydrogen-bond donors (Lipinski definition) is 1. The van der Waals surface area contributed by atoms with Gasteiger partial charge in [-0.2, -0.15) is 0 Å². The van der Waals surface area contributed by atoms with Crippen molar-refractivity contribution in [2.45, 2.75) is 84.0 Å². The molecule has 1 amide bonds. The van der Waals surface area contributed by atoms with E-state index in [1.807, 2.05) is 30.3 Å². The largest absolute Gasteiger partial charge is 0.460 e. The molecule has 3 aromatic rings. The Bertz CT molecular complexity index is 1660. The molecule has 2 heterocycles. The Kier molecular flexibility index (Phi) is 10.9. The average molecular weight is 655 g/mol. The van der Waals surface area contributed by atoms with Crippen LogP contribution in [0, 0.1) is 5.82 Å². The van der Waals surface area contributed by atoms with E-state index in [0.29, 0.717) is 28.9 Å². The summed E-state index contributed by atoms with van der Waals surface area (Å²) in [5.41, 5.74) is 2.26. The molecule has 2 atom stereocenters. The highest BCUT2D eigenvalue weighted by Gasteiger charge is 2.36. The van der Waals surface area contributed by atoms with E-state index in [1.54, 1.807) is 69.7 Å². The highest BCUT2D eigenvalue weighted by molar-refractivity contribution is 7.90. The molecule has 1 aliphatic heterocycles. The zero-order chi connectivity index (χ0) is 33.7. The van der Waals surface area contributed by atoms with Gasteiger partial charge in [0.05, 0.1) is 35.6 Å². The molecule has 0 bridgehead atoms. The first kappa shape index (κ1) is 35.1. The van der Waals surface area contributed by atoms with Gasteiger partial charge in [0, 0.05) is 37.5 Å². The second-order valence-electron chi connectivity index (χ2n) is 13.0. The van der Waals surface area contributed by atoms with Crippen molar-refractivity contribution in [1.82, 2.24) is 9.88 Å². The number of carbonyl (C=O) groups is 2. The molecule has 4 rings (SSSR count). The monoisotopic (exact) mass is 654 g/mol. The molecule has 11 heteroatoms. The second kappa shape index (κ2) is 14.3. The van der Waals surface area contributed by atoms with E-state index in [-0.39, 0.29) is 37.0 Å². The lowest BCUT2D eigenvalue weighted by Crippen LogP contribution is -2.45. The summed E-state index contributed by atoms with van der Waals surface area (Å²) < 4.78 is 57.9. The van der Waals surface area contributed by atoms with Crippen LogP contribution in [0.15, 0.2) is 66.7 Å². The topological polar surface area (TPSA) is 113 Å². The maximum Gasteiger partial charge on any atom is 0.308 e. The molecule has 2 aromatic carbocycles. The van der Waals surface area contributed by atoms with Gasteiger partial charge in [-0.3, -0.25) is 9.59 Å². The van der Waals surface area contributed by atoms with Gasteiger partial charge in [-0.25, -0.2) is 12.8 Å². The first-order valence-corrected chi connectivity index (χ1v) is 17.3. The normalized spacial score (nSPS) is 18.4. The standard InChI is InChI=1S/C35H43FN2O7S/c1-34(2,3)45-32(39)21-28-20-27(43-35(4,5)44-28)16-18-38-30(17-19-46(6,41)42)29(22-31(38)25-12-14-26(36)15-13-25)33(40)37-23-24-10-8-7-9-11-24/h7-16,18,22,27-28H,17,19-21,23H2,1-6H3,(H,37,40)/b18-16+/t27-,28-/m1/s1. The molecule has 9 nitrogen and oxygen atoms in total. The molecule has 0 spiro atoms. The van der Waals surface area contributed by atoms with Crippen LogP contribution in [-0.2, 0) is 41.8 Å². The summed E-state index contributed by atoms with van der Waals surface area (Å²) in [5, 5.41) is 2.94. The third-order valence-electron chi connectivity index (χ3n) is 7.18. The number of hydrogen-bond acceptors (Lipinski definition) is 7. The highest BCUT2D eigenvalue weighted by atomic mass is 32.2. The van der Waals surface area contributed by atoms with Crippen molar-refractivity contribution in [2.75, 3.05) is 12.0 Å². The summed E-state index contributed by atoms with van der Waals surface area (Å²) in [6.45, 7) is 9.22. The minimum atomic E-state index is -3.38. The van der Waals surface area contributed by atoms with Gasteiger partial charge in [0.2, 0.25) is 0 Å². The Morgan fingerprint density at radius 2 is 1.76 bits per heavy atom. The summed E-state index contributed by atoms with van der Waals surface area (Å²) in [7, 11) is -3.38. The van der Waals surface area contributed by atoms with Crippen LogP contribution in [0.4, 0.5) is 4.39 Å². The molecule has 1 saturated heterocycles. The quantitative estimate of drug-likeness (QED) is 0.255. The fourth-order valence-electron chi connectivity index (χ4n) is 5.33. The fourth-order valence-corrected chi connectivity index (χ4v) is 5.89. The van der Waals surface area contributed by atoms with Gasteiger partial charge in [0.15, 0.2) is 5.79 Å². The fraction of sp³-hybridized carbons (Fsp3) is 0.429. The molecule has 0 radical (unpaired) electrons. The number of aromatic nitrogens is 1. The maximum atomic E-state index is 13.9. The Morgan fingerprint density at radius 1 is 1.09 bits per heavy atom. The molecule has 0 aliphatic carbocycles. The van der Waals surface area contributed by atoms with Gasteiger partial charge in [-0.1, -0.05) is 30.3 Å². The van der Waals surface area contributed by atoms with E-state index < -0.39 is 39.3 Å². The molecule has 1 fully saturated rings. The zero-order valence-electron chi connectivity index (χ0n) is 27.2. The Morgan fingerprint density at radius 3 is 2.39 bits per heavy atom. The number of ether oxygens (including phenoxy) is 3. The van der Waals surface area contributed by atoms with Crippen molar-refractivity contribution in [1.29, 1.82) is 0 Å². The number of amides is 1. The highest BCUT2D eigenvalue weighted by Crippen LogP contribution is 2.32. The second-order valence-corrected chi connectivity index (χ2v) is 15.2. The predicted octanol–water partition coefficient (Wildman–Crippen LogP) is 5.92. The summed E-state index contributed by atoms with van der Waals surface area (Å²) in [4.78, 5) is 26.2. The molecule has 248 valence electrons. The Hall–Kier alpha value is -3.80. The first-order valence-electron chi connectivity index (χ1n) is 15.2. The minimum Gasteiger partial charge on any atom is -0.460 e. The van der Waals surface area contributed by atoms with Gasteiger partial charge in [0.1, 0.15) is 21.3 Å². The van der Waals surface area contributed by atoms with E-state index in [4.69, 9.17) is 14.2 Å². The smallest absolute Gasteiger partial charge is 0.308 e. The molecule has 0 saturated carbocycles. The Balaban J connectivity index is 1.71. The molecule has 46 heavy (non-hydrogen) atoms. The van der Waals surface area contributed by atoms with Crippen molar-refractivity contribution in [2.24, 2.45) is 0 Å². The van der Waals surface area contributed by atoms with Crippen LogP contribution < -0.4 is 5.32 Å². The lowest BCUT2D eigenvalue weighted by Gasteiger charge is -2.39. The number of rotatable bonds is 11. The number of halogens is 1. The van der Waals surface area contributed by atoms with Crippen LogP contribution in [0.25, 0.3) is 17.5 Å². The molecule has 0 unspecified atom stereocenters. The van der Waals surface area contributed by atoms with Gasteiger partial charge >= 0.3 is 5.97 Å². The summed E-state index contributed by atoms with van der Waals surface area (Å²) in [5.74, 6) is -2.35. The number of sulfone groups is 1. The van der Waals surface area contributed by atoms with Gasteiger partial charge < -0.3 is 24.1 Å². The van der Waals surface area contributed by atoms with Crippen LogP contribution in [0.5, 0.6) is 0 Å². The van der Waals surface area contributed by atoms with Crippen molar-refractivity contribution in [3.8, 4) is 11.3 Å². The summed E-state index contributed by atoms with van der Waals surface area (Å²) in [6.07, 6.45) is 4.18. The average Bonchev–Trinajstić information content (AvgIpc) is 3.31. The molecular formula is C35H43FN2O7S. The van der Waals surface area contributed by atoms with E-state index in [9.17, 15) is 22.4 Å². The van der Waals surface area contributed by atoms with Crippen molar-refractivity contribution >= 4 is 27.9 Å². The molecule has 1 aliphatic rings. The predicted molar refractivity (Wildman–Crippen MR) is 175 cm³/mol. The van der Waals surface area contributed by atoms with Crippen LogP contribution in [-0.4, -0.2) is 60.5 Å². The number of benzene rings is 2. The number of nitrogens with one attached hydrogen (secondary N) is 1.